The molecule has 0 spiro atoms. The van der Waals surface area contributed by atoms with Crippen molar-refractivity contribution in [2.75, 3.05) is 5.32 Å². The van der Waals surface area contributed by atoms with Crippen LogP contribution >= 0.6 is 0 Å². The highest BCUT2D eigenvalue weighted by Crippen LogP contribution is 2.29. The number of hydrogen-bond donors (Lipinski definition) is 3. The summed E-state index contributed by atoms with van der Waals surface area (Å²) in [5, 5.41) is 10.6. The van der Waals surface area contributed by atoms with E-state index in [0.717, 1.165) is 0 Å². The van der Waals surface area contributed by atoms with E-state index in [1.54, 1.807) is 0 Å². The van der Waals surface area contributed by atoms with Gasteiger partial charge in [-0.3, -0.25) is 9.59 Å². The van der Waals surface area contributed by atoms with E-state index >= 15 is 0 Å². The fourth-order valence-corrected chi connectivity index (χ4v) is 1.40. The Labute approximate surface area is 118 Å². The molecule has 1 aromatic rings. The van der Waals surface area contributed by atoms with E-state index in [1.807, 2.05) is 0 Å². The first-order chi connectivity index (χ1) is 9.54. The number of carbonyl (C=O) groups excluding carboxylic acids is 1. The van der Waals surface area contributed by atoms with Crippen LogP contribution in [-0.4, -0.2) is 28.7 Å². The van der Waals surface area contributed by atoms with E-state index in [9.17, 15) is 22.8 Å². The van der Waals surface area contributed by atoms with E-state index in [1.165, 1.54) is 24.3 Å². The zero-order chi connectivity index (χ0) is 16.3. The second-order valence-electron chi connectivity index (χ2n) is 4.74. The Morgan fingerprint density at radius 2 is 1.76 bits per heavy atom. The molecule has 0 saturated carbocycles. The summed E-state index contributed by atoms with van der Waals surface area (Å²) < 4.78 is 37.8. The van der Waals surface area contributed by atoms with Gasteiger partial charge in [-0.25, -0.2) is 0 Å². The summed E-state index contributed by atoms with van der Waals surface area (Å²) in [6.45, 7) is 0.587. The van der Waals surface area contributed by atoms with Gasteiger partial charge in [0, 0.05) is 12.1 Å². The van der Waals surface area contributed by atoms with Crippen LogP contribution in [0.5, 0.6) is 0 Å². The smallest absolute Gasteiger partial charge is 0.415 e. The van der Waals surface area contributed by atoms with Crippen LogP contribution in [0.25, 0.3) is 0 Å². The van der Waals surface area contributed by atoms with Gasteiger partial charge >= 0.3 is 12.1 Å². The van der Waals surface area contributed by atoms with E-state index < -0.39 is 23.6 Å². The molecule has 0 fully saturated rings. The van der Waals surface area contributed by atoms with Crippen molar-refractivity contribution < 1.29 is 27.9 Å². The summed E-state index contributed by atoms with van der Waals surface area (Å²) in [6.07, 6.45) is -4.63. The average Bonchev–Trinajstić information content (AvgIpc) is 2.36. The minimum Gasteiger partial charge on any atom is -0.481 e. The minimum atomic E-state index is -4.86. The number of nitrogens with two attached hydrogens (primary N) is 1. The van der Waals surface area contributed by atoms with Gasteiger partial charge in [0.2, 0.25) is 0 Å². The van der Waals surface area contributed by atoms with Crippen LogP contribution in [-0.2, 0) is 16.0 Å². The average molecular weight is 304 g/mol. The van der Waals surface area contributed by atoms with Gasteiger partial charge in [0.15, 0.2) is 5.54 Å². The van der Waals surface area contributed by atoms with Gasteiger partial charge < -0.3 is 16.2 Å². The Balaban J connectivity index is 2.72. The summed E-state index contributed by atoms with van der Waals surface area (Å²) in [5.41, 5.74) is 2.85. The lowest BCUT2D eigenvalue weighted by molar-refractivity contribution is -0.184. The highest BCUT2D eigenvalue weighted by atomic mass is 19.4. The summed E-state index contributed by atoms with van der Waals surface area (Å²) in [5.74, 6) is -2.32. The van der Waals surface area contributed by atoms with Gasteiger partial charge in [-0.1, -0.05) is 12.1 Å². The second kappa shape index (κ2) is 6.13. The zero-order valence-electron chi connectivity index (χ0n) is 11.2. The van der Waals surface area contributed by atoms with Crippen molar-refractivity contribution in [1.82, 2.24) is 0 Å². The minimum absolute atomic E-state index is 0.0549. The predicted octanol–water partition coefficient (Wildman–Crippen LogP) is 1.92. The Morgan fingerprint density at radius 1 is 1.24 bits per heavy atom. The molecule has 0 heterocycles. The molecule has 1 aromatic carbocycles. The first-order valence-corrected chi connectivity index (χ1v) is 6.02. The van der Waals surface area contributed by atoms with Crippen molar-refractivity contribution in [1.29, 1.82) is 0 Å². The van der Waals surface area contributed by atoms with Gasteiger partial charge in [0.05, 0.1) is 0 Å². The topological polar surface area (TPSA) is 92.4 Å². The molecule has 0 aliphatic carbocycles. The van der Waals surface area contributed by atoms with Crippen LogP contribution in [0.4, 0.5) is 18.9 Å². The van der Waals surface area contributed by atoms with Crippen LogP contribution in [0, 0.1) is 0 Å². The van der Waals surface area contributed by atoms with Gasteiger partial charge in [-0.15, -0.1) is 0 Å². The SMILES string of the molecule is CC(N)(C(=O)Nc1ccc(CCC(=O)O)cc1)C(F)(F)F. The lowest BCUT2D eigenvalue weighted by Gasteiger charge is -2.26. The van der Waals surface area contributed by atoms with E-state index in [-0.39, 0.29) is 12.1 Å². The van der Waals surface area contributed by atoms with Crippen molar-refractivity contribution in [3.05, 3.63) is 29.8 Å². The number of amides is 1. The van der Waals surface area contributed by atoms with Crippen molar-refractivity contribution in [3.63, 3.8) is 0 Å². The second-order valence-corrected chi connectivity index (χ2v) is 4.74. The number of carboxylic acids is 1. The molecule has 116 valence electrons. The molecule has 4 N–H and O–H groups in total. The van der Waals surface area contributed by atoms with Crippen LogP contribution in [0.15, 0.2) is 24.3 Å². The number of aliphatic carboxylic acids is 1. The Bertz CT molecular complexity index is 524. The largest absolute Gasteiger partial charge is 0.481 e. The first-order valence-electron chi connectivity index (χ1n) is 6.02. The summed E-state index contributed by atoms with van der Waals surface area (Å²) in [6, 6.07) is 5.84. The third-order valence-corrected chi connectivity index (χ3v) is 2.90. The quantitative estimate of drug-likeness (QED) is 0.775. The van der Waals surface area contributed by atoms with Gasteiger partial charge in [0.25, 0.3) is 5.91 Å². The van der Waals surface area contributed by atoms with Crippen LogP contribution in [0.2, 0.25) is 0 Å². The number of nitrogens with one attached hydrogen (secondary N) is 1. The molecule has 0 radical (unpaired) electrons. The number of halogens is 3. The van der Waals surface area contributed by atoms with Gasteiger partial charge in [-0.2, -0.15) is 13.2 Å². The molecule has 1 unspecified atom stereocenters. The lowest BCUT2D eigenvalue weighted by Crippen LogP contribution is -2.59. The van der Waals surface area contributed by atoms with Crippen molar-refractivity contribution in [3.8, 4) is 0 Å². The molecule has 1 amide bonds. The molecule has 1 rings (SSSR count). The number of aryl methyl sites for hydroxylation is 1. The monoisotopic (exact) mass is 304 g/mol. The molecule has 0 saturated heterocycles. The third kappa shape index (κ3) is 4.45. The number of benzene rings is 1. The van der Waals surface area contributed by atoms with Crippen LogP contribution in [0.1, 0.15) is 18.9 Å². The Kier molecular flexibility index (Phi) is 4.95. The highest BCUT2D eigenvalue weighted by molar-refractivity contribution is 5.98. The van der Waals surface area contributed by atoms with Crippen molar-refractivity contribution >= 4 is 17.6 Å². The van der Waals surface area contributed by atoms with Gasteiger partial charge in [0.1, 0.15) is 0 Å². The molecule has 1 atom stereocenters. The number of hydrogen-bond acceptors (Lipinski definition) is 3. The van der Waals surface area contributed by atoms with Gasteiger partial charge in [-0.05, 0) is 31.0 Å². The summed E-state index contributed by atoms with van der Waals surface area (Å²) in [4.78, 5) is 22.0. The summed E-state index contributed by atoms with van der Waals surface area (Å²) >= 11 is 0. The number of rotatable bonds is 5. The maximum Gasteiger partial charge on any atom is 0.415 e. The summed E-state index contributed by atoms with van der Waals surface area (Å²) in [7, 11) is 0. The third-order valence-electron chi connectivity index (χ3n) is 2.90. The maximum absolute atomic E-state index is 12.6. The first kappa shape index (κ1) is 17.0. The molecular formula is C13H15F3N2O3. The maximum atomic E-state index is 12.6. The number of alkyl halides is 3. The molecule has 0 aromatic heterocycles. The van der Waals surface area contributed by atoms with E-state index in [4.69, 9.17) is 10.8 Å². The van der Waals surface area contributed by atoms with Crippen molar-refractivity contribution in [2.45, 2.75) is 31.5 Å². The standard InChI is InChI=1S/C13H15F3N2O3/c1-12(17,13(14,15)16)11(21)18-9-5-2-8(3-6-9)4-7-10(19)20/h2-3,5-6H,4,7,17H2,1H3,(H,18,21)(H,19,20). The Morgan fingerprint density at radius 3 is 2.19 bits per heavy atom. The lowest BCUT2D eigenvalue weighted by atomic mass is 10.0. The number of carbonyl (C=O) groups is 2. The predicted molar refractivity (Wildman–Crippen MR) is 69.7 cm³/mol. The number of anilines is 1. The van der Waals surface area contributed by atoms with Crippen LogP contribution < -0.4 is 11.1 Å². The number of carboxylic acid groups (broad SMARTS) is 1. The fourth-order valence-electron chi connectivity index (χ4n) is 1.40. The molecule has 8 heteroatoms. The molecule has 21 heavy (non-hydrogen) atoms. The molecule has 5 nitrogen and oxygen atoms in total. The molecule has 0 aliphatic rings. The molecule has 0 bridgehead atoms. The molecule has 0 aliphatic heterocycles. The molecular weight excluding hydrogens is 289 g/mol. The zero-order valence-corrected chi connectivity index (χ0v) is 11.2. The highest BCUT2D eigenvalue weighted by Gasteiger charge is 2.53. The van der Waals surface area contributed by atoms with Crippen molar-refractivity contribution in [2.24, 2.45) is 5.73 Å². The Hall–Kier alpha value is -2.09. The van der Waals surface area contributed by atoms with E-state index in [0.29, 0.717) is 18.9 Å². The van der Waals surface area contributed by atoms with Crippen LogP contribution in [0.3, 0.4) is 0 Å². The normalized spacial score (nSPS) is 14.3. The fraction of sp³-hybridized carbons (Fsp3) is 0.385. The van der Waals surface area contributed by atoms with E-state index in [2.05, 4.69) is 5.32 Å².